The molecule has 43 heavy (non-hydrogen) atoms. The molecule has 1 saturated heterocycles. The summed E-state index contributed by atoms with van der Waals surface area (Å²) in [7, 11) is 3.41. The number of methoxy groups -OCH3 is 2. The van der Waals surface area contributed by atoms with Crippen molar-refractivity contribution >= 4 is 28.3 Å². The van der Waals surface area contributed by atoms with Crippen molar-refractivity contribution in [2.45, 2.75) is 58.4 Å². The highest BCUT2D eigenvalue weighted by atomic mass is 19.1. The van der Waals surface area contributed by atoms with E-state index in [2.05, 4.69) is 21.3 Å². The minimum absolute atomic E-state index is 0.0638. The molecular weight excluding hydrogens is 547 g/mol. The van der Waals surface area contributed by atoms with Crippen LogP contribution in [0, 0.1) is 25.6 Å². The summed E-state index contributed by atoms with van der Waals surface area (Å²) in [5.41, 5.74) is 9.43. The van der Waals surface area contributed by atoms with Gasteiger partial charge in [0.05, 0.1) is 25.3 Å². The van der Waals surface area contributed by atoms with E-state index in [9.17, 15) is 4.79 Å². The topological polar surface area (TPSA) is 106 Å². The fraction of sp³-hybridized carbons (Fsp3) is 0.545. The Balaban J connectivity index is 1.32. The van der Waals surface area contributed by atoms with Crippen LogP contribution in [0.15, 0.2) is 24.3 Å². The number of fused-ring (bicyclic) bond motifs is 1. The van der Waals surface area contributed by atoms with E-state index in [1.807, 2.05) is 24.8 Å². The van der Waals surface area contributed by atoms with Gasteiger partial charge in [-0.05, 0) is 81.7 Å². The third kappa shape index (κ3) is 6.86. The number of amides is 1. The average Bonchev–Trinajstić information content (AvgIpc) is 3.01. The lowest BCUT2D eigenvalue weighted by atomic mass is 9.77. The van der Waals surface area contributed by atoms with E-state index in [-0.39, 0.29) is 23.7 Å². The zero-order valence-corrected chi connectivity index (χ0v) is 26.1. The molecule has 2 aromatic carbocycles. The predicted octanol–water partition coefficient (Wildman–Crippen LogP) is 5.21. The Morgan fingerprint density at radius 1 is 1.07 bits per heavy atom. The predicted molar refractivity (Wildman–Crippen MR) is 168 cm³/mol. The molecule has 1 amide bonds. The van der Waals surface area contributed by atoms with E-state index in [1.54, 1.807) is 33.3 Å². The number of hydrogen-bond donors (Lipinski definition) is 2. The quantitative estimate of drug-likeness (QED) is 0.326. The number of anilines is 2. The third-order valence-corrected chi connectivity index (χ3v) is 9.10. The highest BCUT2D eigenvalue weighted by molar-refractivity contribution is 5.91. The number of aryl methyl sites for hydroxylation is 2. The molecule has 1 saturated carbocycles. The molecule has 1 atom stereocenters. The zero-order valence-electron chi connectivity index (χ0n) is 26.1. The lowest BCUT2D eigenvalue weighted by Crippen LogP contribution is -2.51. The molecule has 0 bridgehead atoms. The number of rotatable bonds is 9. The van der Waals surface area contributed by atoms with E-state index in [4.69, 9.17) is 20.2 Å². The monoisotopic (exact) mass is 592 g/mol. The minimum Gasteiger partial charge on any atom is -0.496 e. The number of benzene rings is 2. The maximum absolute atomic E-state index is 15.0. The molecule has 5 rings (SSSR count). The van der Waals surface area contributed by atoms with Crippen molar-refractivity contribution in [1.82, 2.24) is 19.8 Å². The number of halogens is 1. The number of hydrogen-bond acceptors (Lipinski definition) is 8. The van der Waals surface area contributed by atoms with E-state index >= 15 is 4.39 Å². The molecule has 2 aliphatic rings. The molecule has 1 aliphatic heterocycles. The third-order valence-electron chi connectivity index (χ3n) is 9.10. The van der Waals surface area contributed by atoms with Gasteiger partial charge in [-0.15, -0.1) is 0 Å². The summed E-state index contributed by atoms with van der Waals surface area (Å²) >= 11 is 0. The Morgan fingerprint density at radius 2 is 1.79 bits per heavy atom. The molecule has 10 heteroatoms. The highest BCUT2D eigenvalue weighted by Gasteiger charge is 2.33. The van der Waals surface area contributed by atoms with Crippen molar-refractivity contribution in [3.8, 4) is 5.75 Å². The van der Waals surface area contributed by atoms with Crippen LogP contribution < -0.4 is 15.8 Å². The minimum atomic E-state index is -0.367. The second-order valence-electron chi connectivity index (χ2n) is 12.0. The maximum atomic E-state index is 15.0. The second kappa shape index (κ2) is 13.4. The first-order valence-corrected chi connectivity index (χ1v) is 15.4. The molecule has 1 aromatic heterocycles. The van der Waals surface area contributed by atoms with Gasteiger partial charge in [0.2, 0.25) is 5.91 Å². The highest BCUT2D eigenvalue weighted by Crippen LogP contribution is 2.42. The molecule has 3 aromatic rings. The first kappa shape index (κ1) is 30.9. The van der Waals surface area contributed by atoms with Crippen molar-refractivity contribution in [3.05, 3.63) is 52.6 Å². The fourth-order valence-electron chi connectivity index (χ4n) is 6.64. The standard InChI is InChI=1S/C33H45FN6O3/c1-20-16-25(35)17-26(31(20)34)21(2)36-32-28-18-27(30(43-5)19-29(28)37-22(3)38-32)23-6-8-24(9-7-23)33(41)40-12-10-39(11-13-40)14-15-42-4/h16-19,21,23-24H,6-15,35H2,1-5H3,(H,36,37,38)/t21-,23?,24?/m0/s1. The smallest absolute Gasteiger partial charge is 0.225 e. The summed E-state index contributed by atoms with van der Waals surface area (Å²) in [6.07, 6.45) is 3.53. The van der Waals surface area contributed by atoms with E-state index in [1.165, 1.54) is 0 Å². The summed E-state index contributed by atoms with van der Waals surface area (Å²) in [4.78, 5) is 27.2. The molecule has 2 heterocycles. The van der Waals surface area contributed by atoms with Gasteiger partial charge >= 0.3 is 0 Å². The largest absolute Gasteiger partial charge is 0.496 e. The van der Waals surface area contributed by atoms with Gasteiger partial charge in [-0.3, -0.25) is 9.69 Å². The summed E-state index contributed by atoms with van der Waals surface area (Å²) in [5.74, 6) is 2.40. The van der Waals surface area contributed by atoms with Crippen LogP contribution in [0.2, 0.25) is 0 Å². The van der Waals surface area contributed by atoms with Crippen LogP contribution in [0.1, 0.15) is 67.1 Å². The Hall–Kier alpha value is -3.50. The molecule has 0 radical (unpaired) electrons. The molecule has 232 valence electrons. The van der Waals surface area contributed by atoms with Crippen LogP contribution in [0.25, 0.3) is 10.9 Å². The number of nitrogens with one attached hydrogen (secondary N) is 1. The molecule has 0 unspecified atom stereocenters. The van der Waals surface area contributed by atoms with E-state index < -0.39 is 0 Å². The molecule has 3 N–H and O–H groups in total. The molecular formula is C33H45FN6O3. The lowest BCUT2D eigenvalue weighted by Gasteiger charge is -2.38. The summed E-state index contributed by atoms with van der Waals surface area (Å²) in [6.45, 7) is 10.5. The van der Waals surface area contributed by atoms with Gasteiger partial charge in [0, 0.05) is 68.5 Å². The Kier molecular flexibility index (Phi) is 9.66. The van der Waals surface area contributed by atoms with Gasteiger partial charge in [-0.25, -0.2) is 14.4 Å². The van der Waals surface area contributed by atoms with Crippen molar-refractivity contribution < 1.29 is 18.7 Å². The lowest BCUT2D eigenvalue weighted by molar-refractivity contribution is -0.138. The number of nitrogen functional groups attached to an aromatic ring is 1. The fourth-order valence-corrected chi connectivity index (χ4v) is 6.64. The molecule has 1 aliphatic carbocycles. The Labute approximate surface area is 253 Å². The van der Waals surface area contributed by atoms with Gasteiger partial charge in [-0.1, -0.05) is 0 Å². The van der Waals surface area contributed by atoms with Crippen LogP contribution in [0.5, 0.6) is 5.75 Å². The SMILES string of the molecule is COCCN1CCN(C(=O)C2CCC(c3cc4c(N[C@@H](C)c5cc(N)cc(C)c5F)nc(C)nc4cc3OC)CC2)CC1. The number of piperazine rings is 1. The van der Waals surface area contributed by atoms with E-state index in [0.29, 0.717) is 34.4 Å². The Morgan fingerprint density at radius 3 is 2.47 bits per heavy atom. The van der Waals surface area contributed by atoms with Crippen LogP contribution in [0.3, 0.4) is 0 Å². The molecule has 0 spiro atoms. The zero-order chi connectivity index (χ0) is 30.7. The van der Waals surface area contributed by atoms with Crippen LogP contribution in [-0.4, -0.2) is 79.2 Å². The molecule has 2 fully saturated rings. The van der Waals surface area contributed by atoms with Crippen LogP contribution >= 0.6 is 0 Å². The second-order valence-corrected chi connectivity index (χ2v) is 12.0. The number of carbonyl (C=O) groups excluding carboxylic acids is 1. The van der Waals surface area contributed by atoms with Crippen LogP contribution in [-0.2, 0) is 9.53 Å². The average molecular weight is 593 g/mol. The number of nitrogens with zero attached hydrogens (tertiary/aromatic N) is 4. The molecule has 9 nitrogen and oxygen atoms in total. The first-order valence-electron chi connectivity index (χ1n) is 15.4. The summed E-state index contributed by atoms with van der Waals surface area (Å²) in [5, 5.41) is 4.29. The number of nitrogens with two attached hydrogens (primary N) is 1. The van der Waals surface area contributed by atoms with Crippen molar-refractivity contribution in [2.24, 2.45) is 5.92 Å². The summed E-state index contributed by atoms with van der Waals surface area (Å²) in [6, 6.07) is 7.04. The van der Waals surface area contributed by atoms with Gasteiger partial charge < -0.3 is 25.4 Å². The van der Waals surface area contributed by atoms with Crippen molar-refractivity contribution in [1.29, 1.82) is 0 Å². The summed E-state index contributed by atoms with van der Waals surface area (Å²) < 4.78 is 26.1. The number of ether oxygens (including phenoxy) is 2. The number of aromatic nitrogens is 2. The van der Waals surface area contributed by atoms with Gasteiger partial charge in [0.1, 0.15) is 23.2 Å². The van der Waals surface area contributed by atoms with Gasteiger partial charge in [0.15, 0.2) is 0 Å². The van der Waals surface area contributed by atoms with Crippen LogP contribution in [0.4, 0.5) is 15.9 Å². The maximum Gasteiger partial charge on any atom is 0.225 e. The Bertz CT molecular complexity index is 1450. The van der Waals surface area contributed by atoms with Gasteiger partial charge in [0.25, 0.3) is 0 Å². The van der Waals surface area contributed by atoms with E-state index in [0.717, 1.165) is 87.2 Å². The number of carbonyl (C=O) groups is 1. The normalized spacial score (nSPS) is 20.3. The first-order chi connectivity index (χ1) is 20.7. The van der Waals surface area contributed by atoms with Gasteiger partial charge in [-0.2, -0.15) is 0 Å². The van der Waals surface area contributed by atoms with Crippen molar-refractivity contribution in [2.75, 3.05) is 64.6 Å². The van der Waals surface area contributed by atoms with Crippen molar-refractivity contribution in [3.63, 3.8) is 0 Å².